The smallest absolute Gasteiger partial charge is 0.272 e. The maximum Gasteiger partial charge on any atom is 0.272 e. The fraction of sp³-hybridized carbons (Fsp3) is 0.0690. The molecule has 6 rings (SSSR count). The van der Waals surface area contributed by atoms with Gasteiger partial charge in [0.2, 0.25) is 0 Å². The zero-order valence-corrected chi connectivity index (χ0v) is 23.2. The summed E-state index contributed by atoms with van der Waals surface area (Å²) in [7, 11) is 3.48. The first-order valence-corrected chi connectivity index (χ1v) is 12.5. The van der Waals surface area contributed by atoms with E-state index in [0.717, 1.165) is 43.2 Å². The monoisotopic (exact) mass is 585 g/mol. The molecule has 2 aromatic carbocycles. The number of methoxy groups -OCH3 is 1. The molecule has 0 aliphatic carbocycles. The number of nitrogen functional groups attached to an aromatic ring is 1. The number of rotatable bonds is 5. The third-order valence-corrected chi connectivity index (χ3v) is 7.57. The van der Waals surface area contributed by atoms with Crippen molar-refractivity contribution in [2.75, 3.05) is 18.2 Å². The molecule has 4 heterocycles. The molecular weight excluding hydrogens is 562 g/mol. The van der Waals surface area contributed by atoms with E-state index in [1.54, 1.807) is 37.0 Å². The summed E-state index contributed by atoms with van der Waals surface area (Å²) in [5.41, 5.74) is 12.4. The second-order valence-electron chi connectivity index (χ2n) is 8.66. The van der Waals surface area contributed by atoms with E-state index in [1.807, 2.05) is 72.3 Å². The lowest BCUT2D eigenvalue weighted by atomic mass is 10.0. The van der Waals surface area contributed by atoms with Gasteiger partial charge < -0.3 is 20.4 Å². The molecule has 0 spiro atoms. The zero-order chi connectivity index (χ0) is 25.5. The quantitative estimate of drug-likeness (QED) is 0.228. The number of benzene rings is 2. The Morgan fingerprint density at radius 3 is 2.58 bits per heavy atom. The fourth-order valence-electron chi connectivity index (χ4n) is 4.67. The number of ether oxygens (including phenoxy) is 1. The van der Waals surface area contributed by atoms with Crippen molar-refractivity contribution in [3.05, 3.63) is 90.3 Å². The minimum Gasteiger partial charge on any atom is -0.495 e. The molecule has 3 N–H and O–H groups in total. The number of anilines is 2. The van der Waals surface area contributed by atoms with Crippen molar-refractivity contribution < 1.29 is 9.53 Å². The number of nitrogens with one attached hydrogen (secondary N) is 1. The van der Waals surface area contributed by atoms with E-state index in [4.69, 9.17) is 10.5 Å². The van der Waals surface area contributed by atoms with Crippen molar-refractivity contribution in [1.82, 2.24) is 14.5 Å². The number of hydrogen-bond acceptors (Lipinski definition) is 6. The van der Waals surface area contributed by atoms with E-state index < -0.39 is 0 Å². The summed E-state index contributed by atoms with van der Waals surface area (Å²) in [6.45, 7) is 0. The topological polar surface area (TPSA) is 95.1 Å². The highest BCUT2D eigenvalue weighted by Gasteiger charge is 2.18. The van der Waals surface area contributed by atoms with Gasteiger partial charge in [0, 0.05) is 57.8 Å². The number of amides is 1. The van der Waals surface area contributed by atoms with Gasteiger partial charge in [-0.1, -0.05) is 24.3 Å². The first-order valence-electron chi connectivity index (χ1n) is 11.7. The molecule has 38 heavy (non-hydrogen) atoms. The third-order valence-electron chi connectivity index (χ3n) is 6.56. The summed E-state index contributed by atoms with van der Waals surface area (Å²) >= 11 is 1.62. The third kappa shape index (κ3) is 4.29. The second-order valence-corrected chi connectivity index (χ2v) is 9.54. The Kier molecular flexibility index (Phi) is 6.88. The molecule has 0 saturated heterocycles. The Hall–Kier alpha value is -4.21. The molecule has 190 valence electrons. The maximum atomic E-state index is 13.2. The number of fused-ring (bicyclic) bond motifs is 2. The Labute approximate surface area is 233 Å². The van der Waals surface area contributed by atoms with Gasteiger partial charge in [0.05, 0.1) is 12.8 Å². The number of para-hydroxylation sites is 1. The van der Waals surface area contributed by atoms with Crippen LogP contribution in [0, 0.1) is 0 Å². The van der Waals surface area contributed by atoms with Crippen molar-refractivity contribution >= 4 is 66.7 Å². The van der Waals surface area contributed by atoms with Crippen LogP contribution in [0.4, 0.5) is 11.5 Å². The Balaban J connectivity index is 0.00000294. The Morgan fingerprint density at radius 1 is 1.03 bits per heavy atom. The van der Waals surface area contributed by atoms with Crippen LogP contribution >= 0.6 is 28.3 Å². The Bertz CT molecular complexity index is 1800. The molecule has 0 radical (unpaired) electrons. The van der Waals surface area contributed by atoms with Crippen LogP contribution in [0.1, 0.15) is 10.5 Å². The van der Waals surface area contributed by atoms with E-state index in [0.29, 0.717) is 22.9 Å². The normalized spacial score (nSPS) is 10.9. The minimum absolute atomic E-state index is 0. The van der Waals surface area contributed by atoms with Gasteiger partial charge in [0.25, 0.3) is 5.91 Å². The fourth-order valence-corrected chi connectivity index (χ4v) is 5.79. The number of hydrogen-bond donors (Lipinski definition) is 2. The zero-order valence-electron chi connectivity index (χ0n) is 20.6. The minimum atomic E-state index is -0.207. The van der Waals surface area contributed by atoms with Crippen molar-refractivity contribution in [3.63, 3.8) is 0 Å². The van der Waals surface area contributed by atoms with E-state index in [1.165, 1.54) is 0 Å². The highest BCUT2D eigenvalue weighted by Crippen LogP contribution is 2.43. The average Bonchev–Trinajstić information content (AvgIpc) is 3.52. The summed E-state index contributed by atoms with van der Waals surface area (Å²) < 4.78 is 8.62. The highest BCUT2D eigenvalue weighted by atomic mass is 79.9. The molecular formula is C29H24BrN5O2S. The molecule has 4 aromatic heterocycles. The molecule has 0 saturated carbocycles. The van der Waals surface area contributed by atoms with Crippen molar-refractivity contribution in [1.29, 1.82) is 0 Å². The van der Waals surface area contributed by atoms with Crippen LogP contribution < -0.4 is 15.8 Å². The van der Waals surface area contributed by atoms with Gasteiger partial charge in [-0.25, -0.2) is 4.98 Å². The number of aromatic nitrogens is 3. The lowest BCUT2D eigenvalue weighted by Gasteiger charge is -2.13. The van der Waals surface area contributed by atoms with Crippen molar-refractivity contribution in [2.24, 2.45) is 7.05 Å². The maximum absolute atomic E-state index is 13.2. The van der Waals surface area contributed by atoms with Gasteiger partial charge in [-0.2, -0.15) is 0 Å². The van der Waals surface area contributed by atoms with Crippen LogP contribution in [-0.4, -0.2) is 27.6 Å². The van der Waals surface area contributed by atoms with Crippen LogP contribution in [-0.2, 0) is 7.05 Å². The van der Waals surface area contributed by atoms with Gasteiger partial charge in [0.1, 0.15) is 17.3 Å². The molecule has 9 heteroatoms. The van der Waals surface area contributed by atoms with Gasteiger partial charge in [-0.15, -0.1) is 28.3 Å². The van der Waals surface area contributed by atoms with Gasteiger partial charge in [0.15, 0.2) is 0 Å². The lowest BCUT2D eigenvalue weighted by molar-refractivity contribution is 0.101. The largest absolute Gasteiger partial charge is 0.495 e. The number of thiophene rings is 1. The molecule has 6 aromatic rings. The molecule has 0 aliphatic heterocycles. The van der Waals surface area contributed by atoms with Gasteiger partial charge >= 0.3 is 0 Å². The standard InChI is InChI=1S/C29H23N5O2S.BrH/c1-34-23-6-4-3-5-19(23)13-24(34)29(35)33-22-8-7-18(14-25(22)36-2)21-16-37-27-20(15-32-28(30)26(21)27)17-9-11-31-12-10-17;/h3-16H,1-2H3,(H2,30,32)(H,33,35);1H. The number of pyridine rings is 2. The number of nitrogens with zero attached hydrogens (tertiary/aromatic N) is 3. The first-order chi connectivity index (χ1) is 18.0. The van der Waals surface area contributed by atoms with E-state index in [2.05, 4.69) is 20.7 Å². The molecule has 0 atom stereocenters. The first kappa shape index (κ1) is 25.4. The average molecular weight is 587 g/mol. The molecule has 1 amide bonds. The van der Waals surface area contributed by atoms with Crippen molar-refractivity contribution in [3.8, 4) is 28.0 Å². The SMILES string of the molecule is Br.COc1cc(-c2csc3c(-c4ccncc4)cnc(N)c23)ccc1NC(=O)c1cc2ccccc2n1C. The summed E-state index contributed by atoms with van der Waals surface area (Å²) in [6, 6.07) is 19.4. The molecule has 0 fully saturated rings. The van der Waals surface area contributed by atoms with Crippen LogP contribution in [0.15, 0.2) is 84.6 Å². The number of aryl methyl sites for hydroxylation is 1. The number of halogens is 1. The lowest BCUT2D eigenvalue weighted by Crippen LogP contribution is -2.16. The van der Waals surface area contributed by atoms with E-state index in [-0.39, 0.29) is 22.9 Å². The molecule has 0 bridgehead atoms. The van der Waals surface area contributed by atoms with Crippen LogP contribution in [0.2, 0.25) is 0 Å². The summed E-state index contributed by atoms with van der Waals surface area (Å²) in [6.07, 6.45) is 5.34. The van der Waals surface area contributed by atoms with Crippen LogP contribution in [0.25, 0.3) is 43.2 Å². The van der Waals surface area contributed by atoms with E-state index >= 15 is 0 Å². The molecule has 7 nitrogen and oxygen atoms in total. The summed E-state index contributed by atoms with van der Waals surface area (Å²) in [5.74, 6) is 0.818. The number of carbonyl (C=O) groups is 1. The summed E-state index contributed by atoms with van der Waals surface area (Å²) in [4.78, 5) is 21.8. The molecule has 0 aliphatic rings. The highest BCUT2D eigenvalue weighted by molar-refractivity contribution is 8.93. The Morgan fingerprint density at radius 2 is 1.82 bits per heavy atom. The number of nitrogens with two attached hydrogens (primary N) is 1. The predicted octanol–water partition coefficient (Wildman–Crippen LogP) is 6.94. The van der Waals surface area contributed by atoms with Crippen LogP contribution in [0.5, 0.6) is 5.75 Å². The predicted molar refractivity (Wildman–Crippen MR) is 160 cm³/mol. The van der Waals surface area contributed by atoms with Gasteiger partial charge in [-0.05, 0) is 52.9 Å². The second kappa shape index (κ2) is 10.3. The van der Waals surface area contributed by atoms with E-state index in [9.17, 15) is 4.79 Å². The summed E-state index contributed by atoms with van der Waals surface area (Å²) in [5, 5.41) is 7.00. The van der Waals surface area contributed by atoms with Crippen LogP contribution in [0.3, 0.4) is 0 Å². The molecule has 0 unspecified atom stereocenters. The van der Waals surface area contributed by atoms with Gasteiger partial charge in [-0.3, -0.25) is 9.78 Å². The number of carbonyl (C=O) groups excluding carboxylic acids is 1. The van der Waals surface area contributed by atoms with Crippen molar-refractivity contribution in [2.45, 2.75) is 0 Å².